The fourth-order valence-electron chi connectivity index (χ4n) is 2.18. The molecule has 2 atom stereocenters. The van der Waals surface area contributed by atoms with Crippen molar-refractivity contribution in [3.8, 4) is 0 Å². The first kappa shape index (κ1) is 15.2. The van der Waals surface area contributed by atoms with Crippen LogP contribution in [0.4, 0.5) is 0 Å². The first-order chi connectivity index (χ1) is 8.35. The van der Waals surface area contributed by atoms with Crippen molar-refractivity contribution in [3.05, 3.63) is 35.9 Å². The van der Waals surface area contributed by atoms with Crippen LogP contribution in [0.15, 0.2) is 30.3 Å². The molecule has 18 heavy (non-hydrogen) atoms. The number of ether oxygens (including phenoxy) is 1. The summed E-state index contributed by atoms with van der Waals surface area (Å²) in [7, 11) is 2.00. The molecule has 0 saturated carbocycles. The molecule has 1 N–H and O–H groups in total. The maximum absolute atomic E-state index is 6.24. The summed E-state index contributed by atoms with van der Waals surface area (Å²) in [6, 6.07) is 10.7. The SMILES string of the molecule is CNC(c1ccccc1)C(OC(C)(C)C)C(C)C. The van der Waals surface area contributed by atoms with Crippen LogP contribution in [0.5, 0.6) is 0 Å². The summed E-state index contributed by atoms with van der Waals surface area (Å²) < 4.78 is 6.24. The van der Waals surface area contributed by atoms with Gasteiger partial charge < -0.3 is 10.1 Å². The van der Waals surface area contributed by atoms with E-state index in [1.54, 1.807) is 0 Å². The molecule has 0 heterocycles. The summed E-state index contributed by atoms with van der Waals surface area (Å²) in [6.07, 6.45) is 0.164. The monoisotopic (exact) mass is 249 g/mol. The molecule has 0 aliphatic carbocycles. The molecular weight excluding hydrogens is 222 g/mol. The normalized spacial score (nSPS) is 15.7. The van der Waals surface area contributed by atoms with Gasteiger partial charge in [-0.05, 0) is 39.3 Å². The zero-order chi connectivity index (χ0) is 13.8. The number of likely N-dealkylation sites (N-methyl/N-ethyl adjacent to an activating group) is 1. The summed E-state index contributed by atoms with van der Waals surface area (Å²) >= 11 is 0. The molecule has 0 fully saturated rings. The number of rotatable bonds is 5. The molecule has 0 saturated heterocycles. The van der Waals surface area contributed by atoms with E-state index >= 15 is 0 Å². The molecule has 2 unspecified atom stereocenters. The third kappa shape index (κ3) is 4.43. The summed E-state index contributed by atoms with van der Waals surface area (Å²) in [6.45, 7) is 10.8. The average molecular weight is 249 g/mol. The van der Waals surface area contributed by atoms with Gasteiger partial charge in [0.25, 0.3) is 0 Å². The minimum absolute atomic E-state index is 0.126. The van der Waals surface area contributed by atoms with Crippen LogP contribution in [0.1, 0.15) is 46.2 Å². The predicted octanol–water partition coefficient (Wildman–Crippen LogP) is 3.79. The number of hydrogen-bond donors (Lipinski definition) is 1. The van der Waals surface area contributed by atoms with Crippen molar-refractivity contribution in [2.75, 3.05) is 7.05 Å². The maximum atomic E-state index is 6.24. The van der Waals surface area contributed by atoms with E-state index in [9.17, 15) is 0 Å². The smallest absolute Gasteiger partial charge is 0.0799 e. The zero-order valence-electron chi connectivity index (χ0n) is 12.5. The van der Waals surface area contributed by atoms with E-state index in [0.717, 1.165) is 0 Å². The highest BCUT2D eigenvalue weighted by atomic mass is 16.5. The Kier molecular flexibility index (Phi) is 5.36. The quantitative estimate of drug-likeness (QED) is 0.857. The highest BCUT2D eigenvalue weighted by Crippen LogP contribution is 2.28. The lowest BCUT2D eigenvalue weighted by molar-refractivity contribution is -0.0945. The van der Waals surface area contributed by atoms with E-state index < -0.39 is 0 Å². The van der Waals surface area contributed by atoms with Gasteiger partial charge in [0.15, 0.2) is 0 Å². The van der Waals surface area contributed by atoms with Gasteiger partial charge in [0, 0.05) is 0 Å². The van der Waals surface area contributed by atoms with Crippen LogP contribution in [-0.4, -0.2) is 18.8 Å². The molecule has 2 heteroatoms. The highest BCUT2D eigenvalue weighted by Gasteiger charge is 2.29. The molecule has 0 aromatic heterocycles. The summed E-state index contributed by atoms with van der Waals surface area (Å²) in [4.78, 5) is 0. The van der Waals surface area contributed by atoms with E-state index in [2.05, 4.69) is 64.2 Å². The highest BCUT2D eigenvalue weighted by molar-refractivity contribution is 5.20. The maximum Gasteiger partial charge on any atom is 0.0799 e. The van der Waals surface area contributed by atoms with Gasteiger partial charge in [0.1, 0.15) is 0 Å². The third-order valence-corrected chi connectivity index (χ3v) is 2.94. The van der Waals surface area contributed by atoms with Gasteiger partial charge in [-0.15, -0.1) is 0 Å². The Morgan fingerprint density at radius 2 is 1.61 bits per heavy atom. The molecule has 2 nitrogen and oxygen atoms in total. The predicted molar refractivity (Wildman–Crippen MR) is 77.7 cm³/mol. The Hall–Kier alpha value is -0.860. The van der Waals surface area contributed by atoms with Gasteiger partial charge in [-0.3, -0.25) is 0 Å². The van der Waals surface area contributed by atoms with Gasteiger partial charge in [-0.25, -0.2) is 0 Å². The van der Waals surface area contributed by atoms with Gasteiger partial charge in [0.05, 0.1) is 17.7 Å². The molecule has 1 aromatic rings. The third-order valence-electron chi connectivity index (χ3n) is 2.94. The zero-order valence-corrected chi connectivity index (χ0v) is 12.5. The first-order valence-electron chi connectivity index (χ1n) is 6.75. The lowest BCUT2D eigenvalue weighted by atomic mass is 9.93. The van der Waals surface area contributed by atoms with Gasteiger partial charge in [0.2, 0.25) is 0 Å². The van der Waals surface area contributed by atoms with Crippen molar-refractivity contribution >= 4 is 0 Å². The van der Waals surface area contributed by atoms with E-state index in [1.807, 2.05) is 13.1 Å². The molecule has 0 radical (unpaired) electrons. The molecule has 102 valence electrons. The van der Waals surface area contributed by atoms with Crippen LogP contribution in [0.25, 0.3) is 0 Å². The Morgan fingerprint density at radius 1 is 1.06 bits per heavy atom. The van der Waals surface area contributed by atoms with Crippen molar-refractivity contribution in [2.24, 2.45) is 5.92 Å². The van der Waals surface area contributed by atoms with Crippen molar-refractivity contribution in [1.29, 1.82) is 0 Å². The number of benzene rings is 1. The van der Waals surface area contributed by atoms with Crippen molar-refractivity contribution in [1.82, 2.24) is 5.32 Å². The lowest BCUT2D eigenvalue weighted by Gasteiger charge is -2.36. The number of nitrogens with one attached hydrogen (secondary N) is 1. The number of hydrogen-bond acceptors (Lipinski definition) is 2. The molecule has 1 rings (SSSR count). The Bertz CT molecular complexity index is 340. The van der Waals surface area contributed by atoms with E-state index in [1.165, 1.54) is 5.56 Å². The van der Waals surface area contributed by atoms with Crippen LogP contribution >= 0.6 is 0 Å². The van der Waals surface area contributed by atoms with E-state index in [0.29, 0.717) is 5.92 Å². The minimum Gasteiger partial charge on any atom is -0.370 e. The molecule has 0 bridgehead atoms. The fourth-order valence-corrected chi connectivity index (χ4v) is 2.18. The fraction of sp³-hybridized carbons (Fsp3) is 0.625. The Morgan fingerprint density at radius 3 is 2.00 bits per heavy atom. The van der Waals surface area contributed by atoms with Crippen LogP contribution in [0.2, 0.25) is 0 Å². The largest absolute Gasteiger partial charge is 0.370 e. The van der Waals surface area contributed by atoms with Gasteiger partial charge >= 0.3 is 0 Å². The molecule has 0 spiro atoms. The Labute approximate surface area is 112 Å². The van der Waals surface area contributed by atoms with Crippen LogP contribution in [-0.2, 0) is 4.74 Å². The average Bonchev–Trinajstić information content (AvgIpc) is 2.28. The Balaban J connectivity index is 2.95. The second-order valence-corrected chi connectivity index (χ2v) is 6.12. The standard InChI is InChI=1S/C16H27NO/c1-12(2)15(18-16(3,4)5)14(17-6)13-10-8-7-9-11-13/h7-12,14-15,17H,1-6H3. The summed E-state index contributed by atoms with van der Waals surface area (Å²) in [5.41, 5.74) is 1.15. The summed E-state index contributed by atoms with van der Waals surface area (Å²) in [5.74, 6) is 0.460. The molecule has 0 aliphatic rings. The topological polar surface area (TPSA) is 21.3 Å². The second kappa shape index (κ2) is 6.35. The second-order valence-electron chi connectivity index (χ2n) is 6.12. The van der Waals surface area contributed by atoms with E-state index in [-0.39, 0.29) is 17.7 Å². The van der Waals surface area contributed by atoms with Crippen molar-refractivity contribution < 1.29 is 4.74 Å². The molecule has 1 aromatic carbocycles. The lowest BCUT2D eigenvalue weighted by Crippen LogP contribution is -2.40. The van der Waals surface area contributed by atoms with Crippen LogP contribution in [0.3, 0.4) is 0 Å². The van der Waals surface area contributed by atoms with Gasteiger partial charge in [-0.2, -0.15) is 0 Å². The molecule has 0 aliphatic heterocycles. The first-order valence-corrected chi connectivity index (χ1v) is 6.75. The molecule has 0 amide bonds. The van der Waals surface area contributed by atoms with Gasteiger partial charge in [-0.1, -0.05) is 44.2 Å². The summed E-state index contributed by atoms with van der Waals surface area (Å²) in [5, 5.41) is 3.40. The van der Waals surface area contributed by atoms with Crippen LogP contribution < -0.4 is 5.32 Å². The molecular formula is C16H27NO. The van der Waals surface area contributed by atoms with Crippen molar-refractivity contribution in [3.63, 3.8) is 0 Å². The van der Waals surface area contributed by atoms with Crippen molar-refractivity contribution in [2.45, 2.75) is 52.4 Å². The van der Waals surface area contributed by atoms with E-state index in [4.69, 9.17) is 4.74 Å². The van der Waals surface area contributed by atoms with Crippen LogP contribution in [0, 0.1) is 5.92 Å². The minimum atomic E-state index is -0.126.